The van der Waals surface area contributed by atoms with Gasteiger partial charge in [-0.05, 0) is 43.4 Å². The molecule has 162 valence electrons. The average molecular weight is 398 g/mol. The minimum atomic E-state index is -2.06. The summed E-state index contributed by atoms with van der Waals surface area (Å²) in [4.78, 5) is 31.5. The fraction of sp³-hybridized carbons (Fsp3) is 0.864. The highest BCUT2D eigenvalue weighted by Gasteiger charge is 2.63. The molecule has 1 aliphatic rings. The van der Waals surface area contributed by atoms with Gasteiger partial charge in [0.1, 0.15) is 13.0 Å². The first-order valence-electron chi connectivity index (χ1n) is 10.5. The summed E-state index contributed by atoms with van der Waals surface area (Å²) in [6.07, 6.45) is 1.16. The topological polar surface area (TPSA) is 96.2 Å². The molecule has 2 unspecified atom stereocenters. The number of Topliss-reactive ketones (excluding diaryl/α,β-unsaturated/α-hetero) is 2. The van der Waals surface area contributed by atoms with Gasteiger partial charge in [-0.3, -0.25) is 9.59 Å². The molecule has 1 fully saturated rings. The van der Waals surface area contributed by atoms with E-state index in [4.69, 9.17) is 4.84 Å². The Morgan fingerprint density at radius 2 is 1.61 bits per heavy atom. The molecule has 1 aliphatic carbocycles. The minimum absolute atomic E-state index is 0.170. The second-order valence-corrected chi connectivity index (χ2v) is 9.40. The Kier molecular flexibility index (Phi) is 9.28. The van der Waals surface area contributed by atoms with Crippen LogP contribution in [0.2, 0.25) is 0 Å². The lowest BCUT2D eigenvalue weighted by Gasteiger charge is -2.33. The van der Waals surface area contributed by atoms with Gasteiger partial charge >= 0.3 is 0 Å². The SMILES string of the molecule is CON=C(CC(C)C)C1C(=O)[C@H](CCC(C)C)[C@@](O)(C(O)CCC(C)C)C1=O. The average Bonchev–Trinajstić information content (AvgIpc) is 2.77. The van der Waals surface area contributed by atoms with Crippen LogP contribution < -0.4 is 0 Å². The Bertz CT molecular complexity index is 569. The predicted molar refractivity (Wildman–Crippen MR) is 110 cm³/mol. The molecule has 0 aromatic heterocycles. The van der Waals surface area contributed by atoms with Crippen LogP contribution in [0.4, 0.5) is 0 Å². The zero-order valence-electron chi connectivity index (χ0n) is 18.6. The summed E-state index contributed by atoms with van der Waals surface area (Å²) >= 11 is 0. The number of oxime groups is 1. The number of nitrogens with zero attached hydrogens (tertiary/aromatic N) is 1. The summed E-state index contributed by atoms with van der Waals surface area (Å²) in [5, 5.41) is 26.1. The second kappa shape index (κ2) is 10.5. The normalized spacial score (nSPS) is 27.4. The van der Waals surface area contributed by atoms with Crippen LogP contribution in [0.1, 0.15) is 73.6 Å². The largest absolute Gasteiger partial charge is 0.399 e. The van der Waals surface area contributed by atoms with Gasteiger partial charge in [0.05, 0.1) is 17.7 Å². The number of hydrogen-bond donors (Lipinski definition) is 2. The van der Waals surface area contributed by atoms with E-state index in [0.717, 1.165) is 0 Å². The molecule has 1 rings (SSSR count). The summed E-state index contributed by atoms with van der Waals surface area (Å²) in [5.41, 5.74) is -1.72. The van der Waals surface area contributed by atoms with E-state index in [1.54, 1.807) is 0 Å². The highest BCUT2D eigenvalue weighted by molar-refractivity contribution is 6.28. The Hall–Kier alpha value is -1.27. The van der Waals surface area contributed by atoms with Crippen LogP contribution in [0, 0.1) is 29.6 Å². The van der Waals surface area contributed by atoms with Crippen molar-refractivity contribution in [3.05, 3.63) is 0 Å². The van der Waals surface area contributed by atoms with Crippen LogP contribution in [0.15, 0.2) is 5.16 Å². The van der Waals surface area contributed by atoms with Gasteiger partial charge in [-0.1, -0.05) is 53.1 Å². The van der Waals surface area contributed by atoms with E-state index in [9.17, 15) is 19.8 Å². The Balaban J connectivity index is 3.31. The lowest BCUT2D eigenvalue weighted by atomic mass is 9.78. The second-order valence-electron chi connectivity index (χ2n) is 9.40. The van der Waals surface area contributed by atoms with Crippen LogP contribution >= 0.6 is 0 Å². The standard InChI is InChI=1S/C22H39NO5/c1-13(2)8-10-16-20(25)19(17(23-28-7)12-15(5)6)21(26)22(16,27)18(24)11-9-14(3)4/h13-16,18-19,24,27H,8-12H2,1-7H3/t16-,18?,19?,22+/m0/s1. The van der Waals surface area contributed by atoms with Crippen molar-refractivity contribution in [2.75, 3.05) is 7.11 Å². The van der Waals surface area contributed by atoms with Crippen LogP contribution in [0.25, 0.3) is 0 Å². The van der Waals surface area contributed by atoms with Gasteiger partial charge in [0.2, 0.25) is 0 Å². The number of carbonyl (C=O) groups excluding carboxylic acids is 2. The summed E-state index contributed by atoms with van der Waals surface area (Å²) in [6.45, 7) is 12.0. The molecular weight excluding hydrogens is 358 g/mol. The molecule has 0 aromatic carbocycles. The summed E-state index contributed by atoms with van der Waals surface area (Å²) in [6, 6.07) is 0. The van der Waals surface area contributed by atoms with Crippen LogP contribution in [0.5, 0.6) is 0 Å². The zero-order valence-corrected chi connectivity index (χ0v) is 18.6. The number of aliphatic hydroxyl groups excluding tert-OH is 1. The summed E-state index contributed by atoms with van der Waals surface area (Å²) < 4.78 is 0. The van der Waals surface area contributed by atoms with Gasteiger partial charge in [0.15, 0.2) is 17.2 Å². The quantitative estimate of drug-likeness (QED) is 0.316. The van der Waals surface area contributed by atoms with Crippen LogP contribution in [0.3, 0.4) is 0 Å². The van der Waals surface area contributed by atoms with Gasteiger partial charge in [-0.15, -0.1) is 0 Å². The minimum Gasteiger partial charge on any atom is -0.399 e. The molecule has 6 nitrogen and oxygen atoms in total. The van der Waals surface area contributed by atoms with E-state index in [1.807, 2.05) is 41.5 Å². The monoisotopic (exact) mass is 397 g/mol. The first-order valence-corrected chi connectivity index (χ1v) is 10.5. The molecule has 0 saturated heterocycles. The highest BCUT2D eigenvalue weighted by atomic mass is 16.6. The van der Waals surface area contributed by atoms with Gasteiger partial charge in [0, 0.05) is 0 Å². The first-order chi connectivity index (χ1) is 13.0. The molecule has 1 saturated carbocycles. The molecule has 0 spiro atoms. The maximum atomic E-state index is 13.3. The van der Waals surface area contributed by atoms with E-state index < -0.39 is 29.3 Å². The lowest BCUT2D eigenvalue weighted by molar-refractivity contribution is -0.156. The zero-order chi connectivity index (χ0) is 21.6. The third-order valence-corrected chi connectivity index (χ3v) is 5.53. The van der Waals surface area contributed by atoms with Gasteiger partial charge in [0.25, 0.3) is 0 Å². The van der Waals surface area contributed by atoms with E-state index in [1.165, 1.54) is 7.11 Å². The summed E-state index contributed by atoms with van der Waals surface area (Å²) in [5.74, 6) is -2.21. The van der Waals surface area contributed by atoms with Crippen molar-refractivity contribution in [1.29, 1.82) is 0 Å². The molecule has 0 bridgehead atoms. The maximum Gasteiger partial charge on any atom is 0.183 e. The van der Waals surface area contributed by atoms with Crippen molar-refractivity contribution in [3.63, 3.8) is 0 Å². The Labute approximate surface area is 169 Å². The number of rotatable bonds is 11. The number of ketones is 2. The van der Waals surface area contributed by atoms with Crippen molar-refractivity contribution < 1.29 is 24.6 Å². The van der Waals surface area contributed by atoms with E-state index in [2.05, 4.69) is 5.16 Å². The maximum absolute atomic E-state index is 13.3. The molecular formula is C22H39NO5. The third kappa shape index (κ3) is 5.63. The lowest BCUT2D eigenvalue weighted by Crippen LogP contribution is -2.52. The van der Waals surface area contributed by atoms with E-state index >= 15 is 0 Å². The molecule has 0 amide bonds. The predicted octanol–water partition coefficient (Wildman–Crippen LogP) is 3.38. The Morgan fingerprint density at radius 1 is 1.04 bits per heavy atom. The van der Waals surface area contributed by atoms with Gasteiger partial charge in [-0.2, -0.15) is 0 Å². The van der Waals surface area contributed by atoms with Crippen LogP contribution in [-0.4, -0.2) is 46.3 Å². The molecule has 6 heteroatoms. The fourth-order valence-electron chi connectivity index (χ4n) is 3.98. The molecule has 4 atom stereocenters. The van der Waals surface area contributed by atoms with E-state index in [0.29, 0.717) is 43.2 Å². The number of aliphatic hydroxyl groups is 2. The van der Waals surface area contributed by atoms with Crippen LogP contribution in [-0.2, 0) is 14.4 Å². The van der Waals surface area contributed by atoms with Gasteiger partial charge < -0.3 is 15.1 Å². The van der Waals surface area contributed by atoms with Gasteiger partial charge in [-0.25, -0.2) is 0 Å². The highest BCUT2D eigenvalue weighted by Crippen LogP contribution is 2.42. The van der Waals surface area contributed by atoms with Crippen molar-refractivity contribution in [2.45, 2.75) is 85.4 Å². The third-order valence-electron chi connectivity index (χ3n) is 5.53. The molecule has 0 heterocycles. The number of hydrogen-bond acceptors (Lipinski definition) is 6. The smallest absolute Gasteiger partial charge is 0.183 e. The van der Waals surface area contributed by atoms with Crippen molar-refractivity contribution in [3.8, 4) is 0 Å². The molecule has 28 heavy (non-hydrogen) atoms. The van der Waals surface area contributed by atoms with Crippen molar-refractivity contribution >= 4 is 17.3 Å². The number of carbonyl (C=O) groups is 2. The summed E-state index contributed by atoms with van der Waals surface area (Å²) in [7, 11) is 1.38. The van der Waals surface area contributed by atoms with Crippen molar-refractivity contribution in [1.82, 2.24) is 0 Å². The molecule has 0 aliphatic heterocycles. The molecule has 0 radical (unpaired) electrons. The first kappa shape index (κ1) is 24.8. The molecule has 2 N–H and O–H groups in total. The Morgan fingerprint density at radius 3 is 2.07 bits per heavy atom. The van der Waals surface area contributed by atoms with Crippen molar-refractivity contribution in [2.24, 2.45) is 34.7 Å². The van der Waals surface area contributed by atoms with E-state index in [-0.39, 0.29) is 18.1 Å². The fourth-order valence-corrected chi connectivity index (χ4v) is 3.98. The molecule has 0 aromatic rings.